The molecule has 1 aromatic carbocycles. The van der Waals surface area contributed by atoms with E-state index >= 15 is 0 Å². The quantitative estimate of drug-likeness (QED) is 0.810. The molecule has 1 aliphatic rings. The van der Waals surface area contributed by atoms with E-state index in [2.05, 4.69) is 26.1 Å². The smallest absolute Gasteiger partial charge is 0.121 e. The summed E-state index contributed by atoms with van der Waals surface area (Å²) >= 11 is 6.26. The normalized spacial score (nSPS) is 23.4. The monoisotopic (exact) mass is 295 g/mol. The van der Waals surface area contributed by atoms with E-state index in [9.17, 15) is 0 Å². The SMILES string of the molecule is COc1ccc(Cl)c(NC2CCC(C(C)(C)C)CC2)c1. The van der Waals surface area contributed by atoms with Crippen LogP contribution in [0.1, 0.15) is 46.5 Å². The van der Waals surface area contributed by atoms with E-state index in [1.165, 1.54) is 25.7 Å². The molecule has 0 saturated heterocycles. The van der Waals surface area contributed by atoms with Crippen LogP contribution in [0.4, 0.5) is 5.69 Å². The number of ether oxygens (including phenoxy) is 1. The molecule has 0 atom stereocenters. The predicted octanol–water partition coefficient (Wildman–Crippen LogP) is 5.37. The van der Waals surface area contributed by atoms with Crippen molar-refractivity contribution in [1.29, 1.82) is 0 Å². The zero-order valence-corrected chi connectivity index (χ0v) is 13.8. The number of methoxy groups -OCH3 is 1. The van der Waals surface area contributed by atoms with Gasteiger partial charge in [0.2, 0.25) is 0 Å². The third-order valence-corrected chi connectivity index (χ3v) is 4.81. The van der Waals surface area contributed by atoms with Crippen LogP contribution in [0.3, 0.4) is 0 Å². The summed E-state index contributed by atoms with van der Waals surface area (Å²) in [7, 11) is 1.68. The van der Waals surface area contributed by atoms with E-state index in [0.717, 1.165) is 22.4 Å². The van der Waals surface area contributed by atoms with Crippen LogP contribution < -0.4 is 10.1 Å². The van der Waals surface area contributed by atoms with Crippen molar-refractivity contribution in [3.63, 3.8) is 0 Å². The number of hydrogen-bond donors (Lipinski definition) is 1. The summed E-state index contributed by atoms with van der Waals surface area (Å²) in [5.74, 6) is 1.68. The van der Waals surface area contributed by atoms with Crippen LogP contribution in [-0.4, -0.2) is 13.2 Å². The second kappa shape index (κ2) is 6.26. The Balaban J connectivity index is 1.96. The minimum atomic E-state index is 0.429. The van der Waals surface area contributed by atoms with Crippen LogP contribution in [0, 0.1) is 11.3 Å². The van der Waals surface area contributed by atoms with Crippen LogP contribution in [-0.2, 0) is 0 Å². The van der Waals surface area contributed by atoms with Crippen molar-refractivity contribution in [2.75, 3.05) is 12.4 Å². The molecular weight excluding hydrogens is 270 g/mol. The van der Waals surface area contributed by atoms with Gasteiger partial charge in [-0.05, 0) is 49.1 Å². The number of nitrogens with one attached hydrogen (secondary N) is 1. The molecule has 1 N–H and O–H groups in total. The van der Waals surface area contributed by atoms with E-state index in [-0.39, 0.29) is 0 Å². The summed E-state index contributed by atoms with van der Waals surface area (Å²) in [6.45, 7) is 7.05. The molecular formula is C17H26ClNO. The largest absolute Gasteiger partial charge is 0.497 e. The molecule has 0 radical (unpaired) electrons. The minimum Gasteiger partial charge on any atom is -0.497 e. The molecule has 20 heavy (non-hydrogen) atoms. The third-order valence-electron chi connectivity index (χ3n) is 4.49. The molecule has 0 amide bonds. The Bertz CT molecular complexity index is 445. The Labute approximate surface area is 127 Å². The van der Waals surface area contributed by atoms with Gasteiger partial charge in [-0.15, -0.1) is 0 Å². The maximum absolute atomic E-state index is 6.26. The van der Waals surface area contributed by atoms with E-state index in [4.69, 9.17) is 16.3 Å². The van der Waals surface area contributed by atoms with Gasteiger partial charge in [0.1, 0.15) is 5.75 Å². The molecule has 2 rings (SSSR count). The molecule has 0 bridgehead atoms. The Morgan fingerprint density at radius 3 is 2.35 bits per heavy atom. The molecule has 112 valence electrons. The van der Waals surface area contributed by atoms with Crippen molar-refractivity contribution >= 4 is 17.3 Å². The molecule has 2 nitrogen and oxygen atoms in total. The lowest BCUT2D eigenvalue weighted by atomic mass is 9.71. The van der Waals surface area contributed by atoms with E-state index in [1.54, 1.807) is 7.11 Å². The van der Waals surface area contributed by atoms with Crippen molar-refractivity contribution in [3.05, 3.63) is 23.2 Å². The highest BCUT2D eigenvalue weighted by atomic mass is 35.5. The van der Waals surface area contributed by atoms with Crippen LogP contribution in [0.15, 0.2) is 18.2 Å². The van der Waals surface area contributed by atoms with Gasteiger partial charge in [0.25, 0.3) is 0 Å². The first-order chi connectivity index (χ1) is 9.40. The average molecular weight is 296 g/mol. The van der Waals surface area contributed by atoms with Gasteiger partial charge < -0.3 is 10.1 Å². The van der Waals surface area contributed by atoms with Crippen molar-refractivity contribution < 1.29 is 4.74 Å². The lowest BCUT2D eigenvalue weighted by Crippen LogP contribution is -2.31. The molecule has 1 aromatic rings. The molecule has 0 unspecified atom stereocenters. The second-order valence-corrected chi connectivity index (χ2v) is 7.31. The van der Waals surface area contributed by atoms with E-state index in [0.29, 0.717) is 11.5 Å². The maximum atomic E-state index is 6.26. The Hall–Kier alpha value is -0.890. The fraction of sp³-hybridized carbons (Fsp3) is 0.647. The van der Waals surface area contributed by atoms with Gasteiger partial charge in [-0.2, -0.15) is 0 Å². The summed E-state index contributed by atoms with van der Waals surface area (Å²) in [6.07, 6.45) is 5.02. The highest BCUT2D eigenvalue weighted by Crippen LogP contribution is 2.39. The molecule has 0 aliphatic heterocycles. The van der Waals surface area contributed by atoms with Crippen molar-refractivity contribution in [2.45, 2.75) is 52.5 Å². The standard InChI is InChI=1S/C17H26ClNO/c1-17(2,3)12-5-7-13(8-6-12)19-16-11-14(20-4)9-10-15(16)18/h9-13,19H,5-8H2,1-4H3. The van der Waals surface area contributed by atoms with Gasteiger partial charge in [-0.1, -0.05) is 32.4 Å². The van der Waals surface area contributed by atoms with Crippen LogP contribution >= 0.6 is 11.6 Å². The summed E-state index contributed by atoms with van der Waals surface area (Å²) in [5, 5.41) is 4.35. The second-order valence-electron chi connectivity index (χ2n) is 6.90. The van der Waals surface area contributed by atoms with Crippen molar-refractivity contribution in [2.24, 2.45) is 11.3 Å². The van der Waals surface area contributed by atoms with Gasteiger partial charge in [0.15, 0.2) is 0 Å². The zero-order chi connectivity index (χ0) is 14.8. The number of anilines is 1. The summed E-state index contributed by atoms with van der Waals surface area (Å²) in [5.41, 5.74) is 1.42. The van der Waals surface area contributed by atoms with Crippen LogP contribution in [0.2, 0.25) is 5.02 Å². The predicted molar refractivity (Wildman–Crippen MR) is 86.8 cm³/mol. The topological polar surface area (TPSA) is 21.3 Å². The highest BCUT2D eigenvalue weighted by molar-refractivity contribution is 6.33. The first-order valence-corrected chi connectivity index (χ1v) is 7.88. The van der Waals surface area contributed by atoms with Gasteiger partial charge in [-0.3, -0.25) is 0 Å². The fourth-order valence-electron chi connectivity index (χ4n) is 3.07. The third kappa shape index (κ3) is 3.82. The number of halogens is 1. The minimum absolute atomic E-state index is 0.429. The lowest BCUT2D eigenvalue weighted by molar-refractivity contribution is 0.173. The number of rotatable bonds is 3. The fourth-order valence-corrected chi connectivity index (χ4v) is 3.24. The lowest BCUT2D eigenvalue weighted by Gasteiger charge is -2.37. The van der Waals surface area contributed by atoms with Gasteiger partial charge in [0, 0.05) is 12.1 Å². The molecule has 1 fully saturated rings. The first kappa shape index (κ1) is 15.5. The van der Waals surface area contributed by atoms with Crippen molar-refractivity contribution in [1.82, 2.24) is 0 Å². The summed E-state index contributed by atoms with van der Waals surface area (Å²) < 4.78 is 5.26. The molecule has 0 aromatic heterocycles. The average Bonchev–Trinajstić information content (AvgIpc) is 2.41. The van der Waals surface area contributed by atoms with Gasteiger partial charge in [-0.25, -0.2) is 0 Å². The van der Waals surface area contributed by atoms with Crippen LogP contribution in [0.25, 0.3) is 0 Å². The van der Waals surface area contributed by atoms with Crippen molar-refractivity contribution in [3.8, 4) is 5.75 Å². The molecule has 0 spiro atoms. The van der Waals surface area contributed by atoms with E-state index in [1.807, 2.05) is 18.2 Å². The highest BCUT2D eigenvalue weighted by Gasteiger charge is 2.29. The van der Waals surface area contributed by atoms with Gasteiger partial charge >= 0.3 is 0 Å². The zero-order valence-electron chi connectivity index (χ0n) is 13.0. The Morgan fingerprint density at radius 2 is 1.80 bits per heavy atom. The van der Waals surface area contributed by atoms with E-state index < -0.39 is 0 Å². The van der Waals surface area contributed by atoms with Gasteiger partial charge in [0.05, 0.1) is 17.8 Å². The van der Waals surface area contributed by atoms with Crippen LogP contribution in [0.5, 0.6) is 5.75 Å². The molecule has 1 aliphatic carbocycles. The number of hydrogen-bond acceptors (Lipinski definition) is 2. The summed E-state index contributed by atoms with van der Waals surface area (Å²) in [4.78, 5) is 0. The maximum Gasteiger partial charge on any atom is 0.121 e. The molecule has 1 saturated carbocycles. The Morgan fingerprint density at radius 1 is 1.15 bits per heavy atom. The summed E-state index contributed by atoms with van der Waals surface area (Å²) in [6, 6.07) is 6.30. The number of benzene rings is 1. The first-order valence-electron chi connectivity index (χ1n) is 7.50. The molecule has 3 heteroatoms. The molecule has 0 heterocycles. The Kier molecular flexibility index (Phi) is 4.85.